The molecule has 0 aliphatic rings. The van der Waals surface area contributed by atoms with Crippen LogP contribution in [0.15, 0.2) is 30.5 Å². The molecule has 24 heavy (non-hydrogen) atoms. The van der Waals surface area contributed by atoms with Crippen molar-refractivity contribution in [2.45, 2.75) is 13.8 Å². The van der Waals surface area contributed by atoms with Crippen molar-refractivity contribution in [3.8, 4) is 11.5 Å². The number of rotatable bonds is 7. The van der Waals surface area contributed by atoms with Crippen molar-refractivity contribution in [2.24, 2.45) is 5.92 Å². The van der Waals surface area contributed by atoms with E-state index in [0.717, 1.165) is 0 Å². The molecule has 1 aromatic heterocycles. The van der Waals surface area contributed by atoms with E-state index < -0.39 is 0 Å². The van der Waals surface area contributed by atoms with Gasteiger partial charge in [0, 0.05) is 18.8 Å². The highest BCUT2D eigenvalue weighted by Crippen LogP contribution is 2.30. The van der Waals surface area contributed by atoms with Crippen molar-refractivity contribution in [3.05, 3.63) is 36.2 Å². The van der Waals surface area contributed by atoms with E-state index >= 15 is 0 Å². The minimum atomic E-state index is -0.230. The summed E-state index contributed by atoms with van der Waals surface area (Å²) in [5, 5.41) is 5.88. The molecule has 7 heteroatoms. The van der Waals surface area contributed by atoms with Gasteiger partial charge in [0.05, 0.1) is 19.9 Å². The van der Waals surface area contributed by atoms with E-state index in [-0.39, 0.29) is 5.91 Å². The number of aromatic nitrogens is 2. The molecule has 0 saturated carbocycles. The molecule has 2 N–H and O–H groups in total. The van der Waals surface area contributed by atoms with Gasteiger partial charge < -0.3 is 20.1 Å². The Kier molecular flexibility index (Phi) is 5.95. The molecule has 0 aliphatic carbocycles. The van der Waals surface area contributed by atoms with E-state index in [9.17, 15) is 4.79 Å². The average molecular weight is 330 g/mol. The van der Waals surface area contributed by atoms with Gasteiger partial charge in [-0.15, -0.1) is 0 Å². The van der Waals surface area contributed by atoms with Gasteiger partial charge in [0.25, 0.3) is 5.91 Å². The predicted molar refractivity (Wildman–Crippen MR) is 92.0 cm³/mol. The Hall–Kier alpha value is -2.83. The minimum Gasteiger partial charge on any atom is -0.497 e. The van der Waals surface area contributed by atoms with Crippen LogP contribution < -0.4 is 20.1 Å². The second-order valence-electron chi connectivity index (χ2n) is 5.56. The Morgan fingerprint density at radius 3 is 2.67 bits per heavy atom. The summed E-state index contributed by atoms with van der Waals surface area (Å²) in [6.07, 6.45) is 1.53. The first-order valence-corrected chi connectivity index (χ1v) is 7.63. The smallest absolute Gasteiger partial charge is 0.270 e. The van der Waals surface area contributed by atoms with E-state index in [1.165, 1.54) is 6.20 Å². The summed E-state index contributed by atoms with van der Waals surface area (Å²) >= 11 is 0. The molecule has 1 aromatic carbocycles. The lowest BCUT2D eigenvalue weighted by Gasteiger charge is -2.12. The van der Waals surface area contributed by atoms with Crippen molar-refractivity contribution in [3.63, 3.8) is 0 Å². The largest absolute Gasteiger partial charge is 0.497 e. The molecular formula is C17H22N4O3. The Bertz CT molecular complexity index is 704. The third-order valence-electron chi connectivity index (χ3n) is 3.21. The lowest BCUT2D eigenvalue weighted by molar-refractivity contribution is 0.0944. The molecule has 1 amide bonds. The number of carbonyl (C=O) groups is 1. The number of hydrogen-bond acceptors (Lipinski definition) is 6. The maximum atomic E-state index is 12.1. The Morgan fingerprint density at radius 2 is 2.00 bits per heavy atom. The lowest BCUT2D eigenvalue weighted by Crippen LogP contribution is -2.28. The second kappa shape index (κ2) is 8.14. The average Bonchev–Trinajstić information content (AvgIpc) is 2.59. The first-order valence-electron chi connectivity index (χ1n) is 7.63. The SMILES string of the molecule is COc1ccc(OC)c(Nc2nccc(C(=O)NCC(C)C)n2)c1. The standard InChI is InChI=1S/C17H22N4O3/c1-11(2)10-19-16(22)13-7-8-18-17(20-13)21-14-9-12(23-3)5-6-15(14)24-4/h5-9,11H,10H2,1-4H3,(H,19,22)(H,18,20,21). The van der Waals surface area contributed by atoms with Crippen LogP contribution in [0.2, 0.25) is 0 Å². The van der Waals surface area contributed by atoms with Gasteiger partial charge in [0.15, 0.2) is 0 Å². The van der Waals surface area contributed by atoms with E-state index in [1.54, 1.807) is 38.5 Å². The molecular weight excluding hydrogens is 308 g/mol. The van der Waals surface area contributed by atoms with Gasteiger partial charge in [-0.25, -0.2) is 9.97 Å². The van der Waals surface area contributed by atoms with Gasteiger partial charge in [-0.1, -0.05) is 13.8 Å². The fourth-order valence-corrected chi connectivity index (χ4v) is 1.96. The molecule has 128 valence electrons. The lowest BCUT2D eigenvalue weighted by atomic mass is 10.2. The summed E-state index contributed by atoms with van der Waals surface area (Å²) in [6.45, 7) is 4.65. The number of ether oxygens (including phenoxy) is 2. The number of anilines is 2. The number of carbonyl (C=O) groups excluding carboxylic acids is 1. The van der Waals surface area contributed by atoms with Crippen LogP contribution in [-0.4, -0.2) is 36.6 Å². The molecule has 0 saturated heterocycles. The third-order valence-corrected chi connectivity index (χ3v) is 3.21. The highest BCUT2D eigenvalue weighted by atomic mass is 16.5. The van der Waals surface area contributed by atoms with Gasteiger partial charge in [-0.2, -0.15) is 0 Å². The van der Waals surface area contributed by atoms with Gasteiger partial charge in [-0.3, -0.25) is 4.79 Å². The van der Waals surface area contributed by atoms with Crippen LogP contribution in [0, 0.1) is 5.92 Å². The Labute approximate surface area is 141 Å². The summed E-state index contributed by atoms with van der Waals surface area (Å²) in [7, 11) is 3.16. The van der Waals surface area contributed by atoms with E-state index in [1.807, 2.05) is 13.8 Å². The molecule has 0 fully saturated rings. The van der Waals surface area contributed by atoms with E-state index in [4.69, 9.17) is 9.47 Å². The topological polar surface area (TPSA) is 85.4 Å². The van der Waals surface area contributed by atoms with Crippen LogP contribution >= 0.6 is 0 Å². The van der Waals surface area contributed by atoms with Gasteiger partial charge >= 0.3 is 0 Å². The number of nitrogens with one attached hydrogen (secondary N) is 2. The van der Waals surface area contributed by atoms with Crippen molar-refractivity contribution < 1.29 is 14.3 Å². The summed E-state index contributed by atoms with van der Waals surface area (Å²) in [4.78, 5) is 20.5. The maximum Gasteiger partial charge on any atom is 0.270 e. The van der Waals surface area contributed by atoms with Crippen LogP contribution in [0.25, 0.3) is 0 Å². The zero-order valence-electron chi connectivity index (χ0n) is 14.3. The summed E-state index contributed by atoms with van der Waals surface area (Å²) in [5.41, 5.74) is 0.951. The fourth-order valence-electron chi connectivity index (χ4n) is 1.96. The molecule has 0 bridgehead atoms. The molecule has 7 nitrogen and oxygen atoms in total. The molecule has 1 heterocycles. The molecule has 2 aromatic rings. The van der Waals surface area contributed by atoms with Crippen molar-refractivity contribution in [1.82, 2.24) is 15.3 Å². The predicted octanol–water partition coefficient (Wildman–Crippen LogP) is 2.62. The Balaban J connectivity index is 2.19. The molecule has 0 radical (unpaired) electrons. The number of benzene rings is 1. The molecule has 0 unspecified atom stereocenters. The first kappa shape index (κ1) is 17.5. The third kappa shape index (κ3) is 4.58. The molecule has 2 rings (SSSR count). The molecule has 0 aliphatic heterocycles. The normalized spacial score (nSPS) is 10.4. The number of hydrogen-bond donors (Lipinski definition) is 2. The van der Waals surface area contributed by atoms with Crippen LogP contribution in [0.4, 0.5) is 11.6 Å². The monoisotopic (exact) mass is 330 g/mol. The fraction of sp³-hybridized carbons (Fsp3) is 0.353. The van der Waals surface area contributed by atoms with Crippen molar-refractivity contribution in [2.75, 3.05) is 26.1 Å². The zero-order valence-corrected chi connectivity index (χ0v) is 14.3. The van der Waals surface area contributed by atoms with Crippen molar-refractivity contribution in [1.29, 1.82) is 0 Å². The summed E-state index contributed by atoms with van der Waals surface area (Å²) < 4.78 is 10.5. The second-order valence-corrected chi connectivity index (χ2v) is 5.56. The van der Waals surface area contributed by atoms with Crippen LogP contribution in [0.5, 0.6) is 11.5 Å². The molecule has 0 spiro atoms. The van der Waals surface area contributed by atoms with Gasteiger partial charge in [-0.05, 0) is 24.1 Å². The summed E-state index contributed by atoms with van der Waals surface area (Å²) in [5.74, 6) is 1.73. The molecule has 0 atom stereocenters. The van der Waals surface area contributed by atoms with Crippen LogP contribution in [0.1, 0.15) is 24.3 Å². The first-order chi connectivity index (χ1) is 11.5. The number of amides is 1. The number of methoxy groups -OCH3 is 2. The van der Waals surface area contributed by atoms with E-state index in [2.05, 4.69) is 20.6 Å². The van der Waals surface area contributed by atoms with Crippen molar-refractivity contribution >= 4 is 17.5 Å². The highest BCUT2D eigenvalue weighted by molar-refractivity contribution is 5.92. The number of nitrogens with zero attached hydrogens (tertiary/aromatic N) is 2. The van der Waals surface area contributed by atoms with Gasteiger partial charge in [0.1, 0.15) is 17.2 Å². The Morgan fingerprint density at radius 1 is 1.21 bits per heavy atom. The van der Waals surface area contributed by atoms with Crippen LogP contribution in [-0.2, 0) is 0 Å². The van der Waals surface area contributed by atoms with Gasteiger partial charge in [0.2, 0.25) is 5.95 Å². The summed E-state index contributed by atoms with van der Waals surface area (Å²) in [6, 6.07) is 6.92. The minimum absolute atomic E-state index is 0.230. The highest BCUT2D eigenvalue weighted by Gasteiger charge is 2.11. The van der Waals surface area contributed by atoms with Crippen LogP contribution in [0.3, 0.4) is 0 Å². The van der Waals surface area contributed by atoms with E-state index in [0.29, 0.717) is 41.3 Å². The maximum absolute atomic E-state index is 12.1. The zero-order chi connectivity index (χ0) is 17.5. The quantitative estimate of drug-likeness (QED) is 0.812.